The monoisotopic (exact) mass is 289 g/mol. The third kappa shape index (κ3) is 3.69. The summed E-state index contributed by atoms with van der Waals surface area (Å²) in [6.07, 6.45) is 0. The van der Waals surface area contributed by atoms with Gasteiger partial charge in [0, 0.05) is 29.6 Å². The molecular formula is C12H17BrClN. The molecule has 0 atom stereocenters. The van der Waals surface area contributed by atoms with Crippen molar-refractivity contribution in [2.45, 2.75) is 19.7 Å². The standard InChI is InChI=1S/C12H17BrClN/c1-9(2)8-15(3)11-5-4-10(7-14)12(13)6-11/h4-6,9H,7-8H2,1-3H3. The lowest BCUT2D eigenvalue weighted by atomic mass is 10.2. The Bertz CT molecular complexity index is 325. The van der Waals surface area contributed by atoms with Gasteiger partial charge in [-0.05, 0) is 23.6 Å². The molecule has 0 heterocycles. The average Bonchev–Trinajstić information content (AvgIpc) is 2.16. The molecule has 0 fully saturated rings. The molecule has 0 N–H and O–H groups in total. The number of hydrogen-bond donors (Lipinski definition) is 0. The molecule has 0 saturated carbocycles. The lowest BCUT2D eigenvalue weighted by molar-refractivity contribution is 0.638. The molecule has 0 bridgehead atoms. The van der Waals surface area contributed by atoms with Gasteiger partial charge < -0.3 is 4.90 Å². The van der Waals surface area contributed by atoms with E-state index < -0.39 is 0 Å². The van der Waals surface area contributed by atoms with E-state index in [9.17, 15) is 0 Å². The largest absolute Gasteiger partial charge is 0.374 e. The summed E-state index contributed by atoms with van der Waals surface area (Å²) in [6, 6.07) is 6.31. The van der Waals surface area contributed by atoms with Crippen LogP contribution in [0.3, 0.4) is 0 Å². The third-order valence-electron chi connectivity index (χ3n) is 2.26. The van der Waals surface area contributed by atoms with Crippen LogP contribution >= 0.6 is 27.5 Å². The number of halogens is 2. The van der Waals surface area contributed by atoms with E-state index in [1.165, 1.54) is 5.69 Å². The zero-order valence-corrected chi connectivity index (χ0v) is 11.8. The van der Waals surface area contributed by atoms with Crippen LogP contribution in [-0.4, -0.2) is 13.6 Å². The minimum Gasteiger partial charge on any atom is -0.374 e. The number of benzene rings is 1. The van der Waals surface area contributed by atoms with E-state index in [-0.39, 0.29) is 0 Å². The van der Waals surface area contributed by atoms with Gasteiger partial charge in [0.25, 0.3) is 0 Å². The fourth-order valence-corrected chi connectivity index (χ4v) is 2.44. The van der Waals surface area contributed by atoms with Crippen molar-refractivity contribution in [3.63, 3.8) is 0 Å². The second-order valence-electron chi connectivity index (χ2n) is 4.18. The maximum atomic E-state index is 5.80. The van der Waals surface area contributed by atoms with Gasteiger partial charge >= 0.3 is 0 Å². The first-order valence-electron chi connectivity index (χ1n) is 5.10. The second kappa shape index (κ2) is 5.76. The van der Waals surface area contributed by atoms with Crippen LogP contribution in [0.25, 0.3) is 0 Å². The molecule has 0 radical (unpaired) electrons. The zero-order chi connectivity index (χ0) is 11.4. The minimum atomic E-state index is 0.550. The quantitative estimate of drug-likeness (QED) is 0.748. The Kier molecular flexibility index (Phi) is 4.94. The highest BCUT2D eigenvalue weighted by molar-refractivity contribution is 9.10. The second-order valence-corrected chi connectivity index (χ2v) is 5.31. The Labute approximate surface area is 106 Å². The van der Waals surface area contributed by atoms with Gasteiger partial charge in [-0.25, -0.2) is 0 Å². The van der Waals surface area contributed by atoms with Crippen LogP contribution < -0.4 is 4.90 Å². The van der Waals surface area contributed by atoms with Crippen LogP contribution in [0, 0.1) is 5.92 Å². The smallest absolute Gasteiger partial charge is 0.0485 e. The molecule has 84 valence electrons. The van der Waals surface area contributed by atoms with Gasteiger partial charge in [-0.2, -0.15) is 0 Å². The Morgan fingerprint density at radius 3 is 2.53 bits per heavy atom. The fraction of sp³-hybridized carbons (Fsp3) is 0.500. The molecule has 1 nitrogen and oxygen atoms in total. The molecule has 0 aliphatic heterocycles. The normalized spacial score (nSPS) is 10.8. The van der Waals surface area contributed by atoms with E-state index >= 15 is 0 Å². The maximum Gasteiger partial charge on any atom is 0.0485 e. The summed E-state index contributed by atoms with van der Waals surface area (Å²) < 4.78 is 1.09. The molecule has 1 aromatic carbocycles. The van der Waals surface area contributed by atoms with Crippen LogP contribution in [0.1, 0.15) is 19.4 Å². The van der Waals surface area contributed by atoms with Crippen molar-refractivity contribution < 1.29 is 0 Å². The van der Waals surface area contributed by atoms with Crippen LogP contribution in [0.4, 0.5) is 5.69 Å². The molecular weight excluding hydrogens is 273 g/mol. The molecule has 15 heavy (non-hydrogen) atoms. The van der Waals surface area contributed by atoms with E-state index in [1.807, 2.05) is 0 Å². The van der Waals surface area contributed by atoms with E-state index in [1.54, 1.807) is 0 Å². The Hall–Kier alpha value is -0.210. The third-order valence-corrected chi connectivity index (χ3v) is 3.29. The van der Waals surface area contributed by atoms with Crippen molar-refractivity contribution in [3.05, 3.63) is 28.2 Å². The first-order valence-corrected chi connectivity index (χ1v) is 6.43. The lowest BCUT2D eigenvalue weighted by Crippen LogP contribution is -2.22. The summed E-state index contributed by atoms with van der Waals surface area (Å²) in [6.45, 7) is 5.50. The molecule has 1 aromatic rings. The summed E-state index contributed by atoms with van der Waals surface area (Å²) in [5.74, 6) is 1.22. The van der Waals surface area contributed by atoms with Gasteiger partial charge in [-0.15, -0.1) is 11.6 Å². The summed E-state index contributed by atoms with van der Waals surface area (Å²) in [4.78, 5) is 2.26. The van der Waals surface area contributed by atoms with E-state index in [0.29, 0.717) is 11.8 Å². The number of nitrogens with zero attached hydrogens (tertiary/aromatic N) is 1. The molecule has 0 aromatic heterocycles. The van der Waals surface area contributed by atoms with Gasteiger partial charge in [-0.3, -0.25) is 0 Å². The SMILES string of the molecule is CC(C)CN(C)c1ccc(CCl)c(Br)c1. The van der Waals surface area contributed by atoms with Crippen LogP contribution in [0.2, 0.25) is 0 Å². The Balaban J connectivity index is 2.82. The minimum absolute atomic E-state index is 0.550. The van der Waals surface area contributed by atoms with Gasteiger partial charge in [0.1, 0.15) is 0 Å². The number of anilines is 1. The number of alkyl halides is 1. The van der Waals surface area contributed by atoms with Crippen molar-refractivity contribution in [1.82, 2.24) is 0 Å². The van der Waals surface area contributed by atoms with Crippen molar-refractivity contribution in [1.29, 1.82) is 0 Å². The van der Waals surface area contributed by atoms with Crippen molar-refractivity contribution >= 4 is 33.2 Å². The molecule has 0 saturated heterocycles. The predicted molar refractivity (Wildman–Crippen MR) is 71.8 cm³/mol. The maximum absolute atomic E-state index is 5.80. The van der Waals surface area contributed by atoms with E-state index in [2.05, 4.69) is 59.9 Å². The van der Waals surface area contributed by atoms with E-state index in [4.69, 9.17) is 11.6 Å². The number of rotatable bonds is 4. The molecule has 0 unspecified atom stereocenters. The summed E-state index contributed by atoms with van der Waals surface area (Å²) in [5, 5.41) is 0. The first kappa shape index (κ1) is 12.9. The lowest BCUT2D eigenvalue weighted by Gasteiger charge is -2.22. The highest BCUT2D eigenvalue weighted by Gasteiger charge is 2.05. The highest BCUT2D eigenvalue weighted by atomic mass is 79.9. The summed E-state index contributed by atoms with van der Waals surface area (Å²) in [5.41, 5.74) is 2.36. The molecule has 1 rings (SSSR count). The average molecular weight is 291 g/mol. The molecule has 3 heteroatoms. The van der Waals surface area contributed by atoms with Gasteiger partial charge in [-0.1, -0.05) is 35.8 Å². The summed E-state index contributed by atoms with van der Waals surface area (Å²) >= 11 is 9.34. The van der Waals surface area contributed by atoms with Gasteiger partial charge in [0.15, 0.2) is 0 Å². The first-order chi connectivity index (χ1) is 7.04. The van der Waals surface area contributed by atoms with Crippen LogP contribution in [0.5, 0.6) is 0 Å². The highest BCUT2D eigenvalue weighted by Crippen LogP contribution is 2.25. The molecule has 0 aliphatic carbocycles. The summed E-state index contributed by atoms with van der Waals surface area (Å²) in [7, 11) is 2.11. The van der Waals surface area contributed by atoms with Gasteiger partial charge in [0.05, 0.1) is 0 Å². The zero-order valence-electron chi connectivity index (χ0n) is 9.43. The van der Waals surface area contributed by atoms with Crippen molar-refractivity contribution in [2.24, 2.45) is 5.92 Å². The molecule has 0 aliphatic rings. The van der Waals surface area contributed by atoms with Crippen molar-refractivity contribution in [3.8, 4) is 0 Å². The molecule has 0 spiro atoms. The number of hydrogen-bond acceptors (Lipinski definition) is 1. The van der Waals surface area contributed by atoms with E-state index in [0.717, 1.165) is 16.6 Å². The van der Waals surface area contributed by atoms with Crippen LogP contribution in [0.15, 0.2) is 22.7 Å². The Morgan fingerprint density at radius 2 is 2.07 bits per heavy atom. The van der Waals surface area contributed by atoms with Crippen molar-refractivity contribution in [2.75, 3.05) is 18.5 Å². The molecule has 0 amide bonds. The van der Waals surface area contributed by atoms with Crippen LogP contribution in [-0.2, 0) is 5.88 Å². The Morgan fingerprint density at radius 1 is 1.40 bits per heavy atom. The van der Waals surface area contributed by atoms with Gasteiger partial charge in [0.2, 0.25) is 0 Å². The fourth-order valence-electron chi connectivity index (χ4n) is 1.54. The topological polar surface area (TPSA) is 3.24 Å². The predicted octanol–water partition coefficient (Wildman–Crippen LogP) is 4.28.